The molecule has 0 atom stereocenters. The highest BCUT2D eigenvalue weighted by atomic mass is 32.1. The van der Waals surface area contributed by atoms with E-state index in [-0.39, 0.29) is 5.91 Å². The van der Waals surface area contributed by atoms with Crippen LogP contribution >= 0.6 is 22.7 Å². The Kier molecular flexibility index (Phi) is 5.12. The van der Waals surface area contributed by atoms with Gasteiger partial charge in [-0.3, -0.25) is 4.79 Å². The van der Waals surface area contributed by atoms with Gasteiger partial charge in [0.2, 0.25) is 5.91 Å². The summed E-state index contributed by atoms with van der Waals surface area (Å²) in [5.74, 6) is 0.720. The smallest absolute Gasteiger partial charge is 0.224 e. The van der Waals surface area contributed by atoms with Crippen LogP contribution in [0.3, 0.4) is 0 Å². The number of anilines is 2. The van der Waals surface area contributed by atoms with Gasteiger partial charge in [0.25, 0.3) is 0 Å². The van der Waals surface area contributed by atoms with Crippen LogP contribution in [0.1, 0.15) is 11.3 Å². The molecule has 1 amide bonds. The van der Waals surface area contributed by atoms with Crippen molar-refractivity contribution in [1.82, 2.24) is 4.98 Å². The molecule has 0 fully saturated rings. The van der Waals surface area contributed by atoms with Crippen molar-refractivity contribution < 1.29 is 9.53 Å². The molecule has 0 aliphatic rings. The van der Waals surface area contributed by atoms with Crippen molar-refractivity contribution in [1.29, 1.82) is 0 Å². The lowest BCUT2D eigenvalue weighted by atomic mass is 10.2. The fourth-order valence-electron chi connectivity index (χ4n) is 2.27. The number of thiophene rings is 1. The van der Waals surface area contributed by atoms with Crippen molar-refractivity contribution in [2.45, 2.75) is 12.8 Å². The number of nitrogens with two attached hydrogens (primary N) is 1. The number of aromatic nitrogens is 1. The summed E-state index contributed by atoms with van der Waals surface area (Å²) in [6.07, 6.45) is 0.996. The molecule has 124 valence electrons. The van der Waals surface area contributed by atoms with E-state index in [1.165, 1.54) is 11.3 Å². The average Bonchev–Trinajstić information content (AvgIpc) is 3.23. The van der Waals surface area contributed by atoms with Crippen LogP contribution in [0.4, 0.5) is 10.8 Å². The Labute approximate surface area is 148 Å². The molecular weight excluding hydrogens is 342 g/mol. The maximum absolute atomic E-state index is 12.2. The third kappa shape index (κ3) is 3.93. The summed E-state index contributed by atoms with van der Waals surface area (Å²) in [5, 5.41) is 5.42. The normalized spacial score (nSPS) is 10.5. The van der Waals surface area contributed by atoms with Crippen LogP contribution in [0.15, 0.2) is 41.8 Å². The zero-order chi connectivity index (χ0) is 16.9. The molecule has 0 spiro atoms. The summed E-state index contributed by atoms with van der Waals surface area (Å²) in [7, 11) is 1.61. The number of nitrogens with one attached hydrogen (secondary N) is 1. The van der Waals surface area contributed by atoms with Gasteiger partial charge in [-0.05, 0) is 42.1 Å². The number of methoxy groups -OCH3 is 1. The average molecular weight is 359 g/mol. The highest BCUT2D eigenvalue weighted by Crippen LogP contribution is 2.33. The third-order valence-corrected chi connectivity index (χ3v) is 5.24. The Bertz CT molecular complexity index is 811. The zero-order valence-corrected chi connectivity index (χ0v) is 14.7. The lowest BCUT2D eigenvalue weighted by Gasteiger charge is -2.06. The molecule has 3 N–H and O–H groups in total. The van der Waals surface area contributed by atoms with Crippen molar-refractivity contribution in [3.63, 3.8) is 0 Å². The summed E-state index contributed by atoms with van der Waals surface area (Å²) in [4.78, 5) is 18.7. The number of amides is 1. The van der Waals surface area contributed by atoms with Crippen molar-refractivity contribution >= 4 is 39.4 Å². The molecule has 0 bridgehead atoms. The molecule has 1 aromatic carbocycles. The van der Waals surface area contributed by atoms with E-state index in [0.717, 1.165) is 26.9 Å². The van der Waals surface area contributed by atoms with E-state index < -0.39 is 0 Å². The summed E-state index contributed by atoms with van der Waals surface area (Å²) in [6, 6.07) is 11.3. The second-order valence-electron chi connectivity index (χ2n) is 5.08. The predicted octanol–water partition coefficient (Wildman–Crippen LogP) is 4.03. The number of carbonyl (C=O) groups is 1. The summed E-state index contributed by atoms with van der Waals surface area (Å²) >= 11 is 3.06. The predicted molar refractivity (Wildman–Crippen MR) is 99.8 cm³/mol. The second kappa shape index (κ2) is 7.46. The topological polar surface area (TPSA) is 77.2 Å². The number of thiazole rings is 1. The van der Waals surface area contributed by atoms with Gasteiger partial charge < -0.3 is 15.8 Å². The minimum atomic E-state index is -0.0377. The molecule has 5 nitrogen and oxygen atoms in total. The number of benzene rings is 1. The Balaban J connectivity index is 1.62. The van der Waals surface area contributed by atoms with Gasteiger partial charge in [-0.15, -0.1) is 22.7 Å². The summed E-state index contributed by atoms with van der Waals surface area (Å²) in [6.45, 7) is 0. The van der Waals surface area contributed by atoms with Gasteiger partial charge in [0.15, 0.2) is 5.13 Å². The Hall–Kier alpha value is -2.38. The minimum absolute atomic E-state index is 0.0377. The number of nitrogen functional groups attached to an aromatic ring is 1. The molecular formula is C17H17N3O2S2. The maximum Gasteiger partial charge on any atom is 0.224 e. The zero-order valence-electron chi connectivity index (χ0n) is 13.1. The van der Waals surface area contributed by atoms with E-state index in [9.17, 15) is 4.79 Å². The molecule has 0 saturated heterocycles. The molecule has 0 aliphatic carbocycles. The molecule has 24 heavy (non-hydrogen) atoms. The number of hydrogen-bond acceptors (Lipinski definition) is 6. The lowest BCUT2D eigenvalue weighted by molar-refractivity contribution is -0.116. The highest BCUT2D eigenvalue weighted by Gasteiger charge is 2.14. The molecule has 3 aromatic rings. The van der Waals surface area contributed by atoms with Gasteiger partial charge in [0.1, 0.15) is 5.75 Å². The van der Waals surface area contributed by atoms with E-state index >= 15 is 0 Å². The van der Waals surface area contributed by atoms with Crippen molar-refractivity contribution in [2.75, 3.05) is 18.2 Å². The Morgan fingerprint density at radius 1 is 1.29 bits per heavy atom. The molecule has 7 heteroatoms. The van der Waals surface area contributed by atoms with Crippen LogP contribution < -0.4 is 15.8 Å². The molecule has 2 aromatic heterocycles. The van der Waals surface area contributed by atoms with Gasteiger partial charge in [-0.1, -0.05) is 6.07 Å². The Morgan fingerprint density at radius 2 is 2.08 bits per heavy atom. The fraction of sp³-hybridized carbons (Fsp3) is 0.176. The summed E-state index contributed by atoms with van der Waals surface area (Å²) < 4.78 is 5.10. The third-order valence-electron chi connectivity index (χ3n) is 3.42. The molecule has 2 heterocycles. The molecule has 0 saturated carbocycles. The molecule has 0 aliphatic heterocycles. The van der Waals surface area contributed by atoms with Gasteiger partial charge in [-0.2, -0.15) is 0 Å². The first-order valence-electron chi connectivity index (χ1n) is 7.38. The van der Waals surface area contributed by atoms with Gasteiger partial charge in [0, 0.05) is 17.0 Å². The van der Waals surface area contributed by atoms with E-state index in [4.69, 9.17) is 10.5 Å². The van der Waals surface area contributed by atoms with Gasteiger partial charge >= 0.3 is 0 Å². The standard InChI is InChI=1S/C17H17N3O2S2/c1-22-12-6-4-11(5-7-12)19-15(21)9-8-14-16(20-17(18)24-14)13-3-2-10-23-13/h2-7,10H,8-9H2,1H3,(H2,18,20)(H,19,21). The largest absolute Gasteiger partial charge is 0.497 e. The maximum atomic E-state index is 12.2. The molecule has 3 rings (SSSR count). The number of aryl methyl sites for hydroxylation is 1. The number of nitrogens with zero attached hydrogens (tertiary/aromatic N) is 1. The van der Waals surface area contributed by atoms with Crippen LogP contribution in [0.2, 0.25) is 0 Å². The number of carbonyl (C=O) groups excluding carboxylic acids is 1. The van der Waals surface area contributed by atoms with Crippen LogP contribution in [0, 0.1) is 0 Å². The van der Waals surface area contributed by atoms with E-state index in [0.29, 0.717) is 18.0 Å². The van der Waals surface area contributed by atoms with Gasteiger partial charge in [-0.25, -0.2) is 4.98 Å². The van der Waals surface area contributed by atoms with Crippen LogP contribution in [-0.4, -0.2) is 18.0 Å². The molecule has 0 radical (unpaired) electrons. The van der Waals surface area contributed by atoms with Crippen LogP contribution in [0.5, 0.6) is 5.75 Å². The van der Waals surface area contributed by atoms with Crippen molar-refractivity contribution in [2.24, 2.45) is 0 Å². The first-order valence-corrected chi connectivity index (χ1v) is 9.08. The van der Waals surface area contributed by atoms with Crippen LogP contribution in [0.25, 0.3) is 10.6 Å². The highest BCUT2D eigenvalue weighted by molar-refractivity contribution is 7.17. The van der Waals surface area contributed by atoms with E-state index in [2.05, 4.69) is 10.3 Å². The van der Waals surface area contributed by atoms with E-state index in [1.807, 2.05) is 41.8 Å². The lowest BCUT2D eigenvalue weighted by Crippen LogP contribution is -2.12. The second-order valence-corrected chi connectivity index (χ2v) is 7.14. The fourth-order valence-corrected chi connectivity index (χ4v) is 3.92. The first-order chi connectivity index (χ1) is 11.7. The Morgan fingerprint density at radius 3 is 2.75 bits per heavy atom. The van der Waals surface area contributed by atoms with Crippen molar-refractivity contribution in [3.05, 3.63) is 46.7 Å². The molecule has 0 unspecified atom stereocenters. The summed E-state index contributed by atoms with van der Waals surface area (Å²) in [5.41, 5.74) is 7.49. The quantitative estimate of drug-likeness (QED) is 0.696. The van der Waals surface area contributed by atoms with Gasteiger partial charge in [0.05, 0.1) is 17.7 Å². The number of hydrogen-bond donors (Lipinski definition) is 2. The van der Waals surface area contributed by atoms with E-state index in [1.54, 1.807) is 18.4 Å². The van der Waals surface area contributed by atoms with Crippen LogP contribution in [-0.2, 0) is 11.2 Å². The van der Waals surface area contributed by atoms with Crippen molar-refractivity contribution in [3.8, 4) is 16.3 Å². The first kappa shape index (κ1) is 16.5. The SMILES string of the molecule is COc1ccc(NC(=O)CCc2sc(N)nc2-c2cccs2)cc1. The number of rotatable bonds is 6. The monoisotopic (exact) mass is 359 g/mol. The minimum Gasteiger partial charge on any atom is -0.497 e. The number of ether oxygens (including phenoxy) is 1.